The Hall–Kier alpha value is -1.10. The number of nitrogens with zero attached hydrogens (tertiary/aromatic N) is 2. The van der Waals surface area contributed by atoms with E-state index in [1.807, 2.05) is 35.2 Å². The fraction of sp³-hybridized carbons (Fsp3) is 0.611. The number of halogens is 1. The number of nitrogens with one attached hydrogen (secondary N) is 1. The van der Waals surface area contributed by atoms with E-state index in [9.17, 15) is 4.79 Å². The highest BCUT2D eigenvalue weighted by Crippen LogP contribution is 2.15. The number of hydrogen-bond acceptors (Lipinski definition) is 3. The summed E-state index contributed by atoms with van der Waals surface area (Å²) in [5.74, 6) is 1.11. The van der Waals surface area contributed by atoms with Crippen LogP contribution < -0.4 is 5.32 Å². The van der Waals surface area contributed by atoms with Gasteiger partial charge >= 0.3 is 0 Å². The first kappa shape index (κ1) is 18.2. The molecule has 0 spiro atoms. The van der Waals surface area contributed by atoms with Gasteiger partial charge in [0.05, 0.1) is 6.42 Å². The molecule has 1 aromatic rings. The maximum Gasteiger partial charge on any atom is 0.227 e. The van der Waals surface area contributed by atoms with Crippen LogP contribution in [-0.4, -0.2) is 61.5 Å². The summed E-state index contributed by atoms with van der Waals surface area (Å²) in [6, 6.07) is 10.1. The molecule has 2 heterocycles. The molecule has 1 amide bonds. The van der Waals surface area contributed by atoms with E-state index in [4.69, 9.17) is 0 Å². The first-order valence-electron chi connectivity index (χ1n) is 8.56. The maximum atomic E-state index is 12.4. The molecule has 1 N–H and O–H groups in total. The van der Waals surface area contributed by atoms with Gasteiger partial charge in [-0.25, -0.2) is 0 Å². The molecule has 4 nitrogen and oxygen atoms in total. The zero-order valence-corrected chi connectivity index (χ0v) is 14.6. The van der Waals surface area contributed by atoms with Crippen molar-refractivity contribution < 1.29 is 4.79 Å². The minimum atomic E-state index is 0. The molecular weight excluding hydrogens is 310 g/mol. The van der Waals surface area contributed by atoms with Gasteiger partial charge in [0.25, 0.3) is 0 Å². The van der Waals surface area contributed by atoms with Crippen LogP contribution in [0.15, 0.2) is 30.3 Å². The topological polar surface area (TPSA) is 35.6 Å². The van der Waals surface area contributed by atoms with Crippen molar-refractivity contribution in [2.45, 2.75) is 19.3 Å². The van der Waals surface area contributed by atoms with Crippen LogP contribution in [0.3, 0.4) is 0 Å². The van der Waals surface area contributed by atoms with Crippen LogP contribution in [0.5, 0.6) is 0 Å². The number of carbonyl (C=O) groups excluding carboxylic acids is 1. The van der Waals surface area contributed by atoms with E-state index in [0.717, 1.165) is 37.7 Å². The molecule has 0 bridgehead atoms. The van der Waals surface area contributed by atoms with Crippen molar-refractivity contribution in [3.8, 4) is 0 Å². The molecule has 0 aliphatic carbocycles. The predicted molar refractivity (Wildman–Crippen MR) is 96.0 cm³/mol. The number of benzene rings is 1. The highest BCUT2D eigenvalue weighted by atomic mass is 35.5. The van der Waals surface area contributed by atoms with Crippen LogP contribution in [0.4, 0.5) is 0 Å². The van der Waals surface area contributed by atoms with E-state index in [1.54, 1.807) is 0 Å². The lowest BCUT2D eigenvalue weighted by atomic mass is 9.97. The third-order valence-corrected chi connectivity index (χ3v) is 4.90. The summed E-state index contributed by atoms with van der Waals surface area (Å²) in [5.41, 5.74) is 1.12. The summed E-state index contributed by atoms with van der Waals surface area (Å²) in [7, 11) is 0. The highest BCUT2D eigenvalue weighted by Gasteiger charge is 2.23. The van der Waals surface area contributed by atoms with Crippen LogP contribution in [-0.2, 0) is 11.2 Å². The van der Waals surface area contributed by atoms with E-state index in [-0.39, 0.29) is 18.3 Å². The Kier molecular flexibility index (Phi) is 7.34. The van der Waals surface area contributed by atoms with Crippen LogP contribution in [0.25, 0.3) is 0 Å². The van der Waals surface area contributed by atoms with E-state index < -0.39 is 0 Å². The molecule has 2 aliphatic rings. The predicted octanol–water partition coefficient (Wildman–Crippen LogP) is 1.79. The van der Waals surface area contributed by atoms with Crippen LogP contribution in [0.1, 0.15) is 18.4 Å². The summed E-state index contributed by atoms with van der Waals surface area (Å²) < 4.78 is 0. The zero-order chi connectivity index (χ0) is 15.2. The van der Waals surface area contributed by atoms with E-state index in [2.05, 4.69) is 10.2 Å². The quantitative estimate of drug-likeness (QED) is 0.910. The summed E-state index contributed by atoms with van der Waals surface area (Å²) >= 11 is 0. The molecule has 0 unspecified atom stereocenters. The van der Waals surface area contributed by atoms with Gasteiger partial charge in [0.2, 0.25) is 5.91 Å². The van der Waals surface area contributed by atoms with Gasteiger partial charge in [-0.15, -0.1) is 12.4 Å². The standard InChI is InChI=1S/C18H27N3O.ClH/c22-18(14-16-4-2-1-3-5-16)21-12-10-20(11-13-21)15-17-6-8-19-9-7-17;/h1-5,17,19H,6-15H2;1H. The zero-order valence-electron chi connectivity index (χ0n) is 13.7. The molecule has 0 radical (unpaired) electrons. The lowest BCUT2D eigenvalue weighted by Gasteiger charge is -2.37. The third-order valence-electron chi connectivity index (χ3n) is 4.90. The second-order valence-electron chi connectivity index (χ2n) is 6.54. The van der Waals surface area contributed by atoms with Gasteiger partial charge in [0, 0.05) is 32.7 Å². The summed E-state index contributed by atoms with van der Waals surface area (Å²) in [4.78, 5) is 16.9. The minimum Gasteiger partial charge on any atom is -0.340 e. The Morgan fingerprint density at radius 2 is 1.70 bits per heavy atom. The van der Waals surface area contributed by atoms with Gasteiger partial charge in [-0.2, -0.15) is 0 Å². The van der Waals surface area contributed by atoms with Gasteiger partial charge in [-0.05, 0) is 37.4 Å². The van der Waals surface area contributed by atoms with Crippen molar-refractivity contribution >= 4 is 18.3 Å². The number of hydrogen-bond donors (Lipinski definition) is 1. The molecular formula is C18H28ClN3O. The van der Waals surface area contributed by atoms with Gasteiger partial charge < -0.3 is 10.2 Å². The molecule has 2 saturated heterocycles. The Balaban J connectivity index is 0.00000192. The molecule has 1 aromatic carbocycles. The lowest BCUT2D eigenvalue weighted by Crippen LogP contribution is -2.50. The van der Waals surface area contributed by atoms with Crippen molar-refractivity contribution in [1.29, 1.82) is 0 Å². The Morgan fingerprint density at radius 1 is 1.04 bits per heavy atom. The second-order valence-corrected chi connectivity index (χ2v) is 6.54. The summed E-state index contributed by atoms with van der Waals surface area (Å²) in [6.45, 7) is 7.38. The van der Waals surface area contributed by atoms with Crippen molar-refractivity contribution in [3.63, 3.8) is 0 Å². The van der Waals surface area contributed by atoms with Gasteiger partial charge in [0.1, 0.15) is 0 Å². The van der Waals surface area contributed by atoms with Gasteiger partial charge in [0.15, 0.2) is 0 Å². The van der Waals surface area contributed by atoms with Crippen molar-refractivity contribution in [3.05, 3.63) is 35.9 Å². The average Bonchev–Trinajstić information content (AvgIpc) is 2.57. The third kappa shape index (κ3) is 5.48. The van der Waals surface area contributed by atoms with E-state index >= 15 is 0 Å². The van der Waals surface area contributed by atoms with E-state index in [0.29, 0.717) is 6.42 Å². The van der Waals surface area contributed by atoms with E-state index in [1.165, 1.54) is 32.5 Å². The number of amides is 1. The first-order chi connectivity index (χ1) is 10.8. The number of piperazine rings is 1. The van der Waals surface area contributed by atoms with Crippen molar-refractivity contribution in [2.24, 2.45) is 5.92 Å². The number of rotatable bonds is 4. The molecule has 0 atom stereocenters. The van der Waals surface area contributed by atoms with Crippen LogP contribution in [0, 0.1) is 5.92 Å². The maximum absolute atomic E-state index is 12.4. The SMILES string of the molecule is Cl.O=C(Cc1ccccc1)N1CCN(CC2CCNCC2)CC1. The fourth-order valence-corrected chi connectivity index (χ4v) is 3.49. The molecule has 3 rings (SSSR count). The molecule has 5 heteroatoms. The minimum absolute atomic E-state index is 0. The van der Waals surface area contributed by atoms with Gasteiger partial charge in [-0.3, -0.25) is 9.69 Å². The monoisotopic (exact) mass is 337 g/mol. The first-order valence-corrected chi connectivity index (χ1v) is 8.56. The Labute approximate surface area is 145 Å². The largest absolute Gasteiger partial charge is 0.340 e. The van der Waals surface area contributed by atoms with Gasteiger partial charge in [-0.1, -0.05) is 30.3 Å². The molecule has 2 fully saturated rings. The average molecular weight is 338 g/mol. The molecule has 0 aromatic heterocycles. The second kappa shape index (κ2) is 9.26. The molecule has 0 saturated carbocycles. The molecule has 128 valence electrons. The van der Waals surface area contributed by atoms with Crippen LogP contribution in [0.2, 0.25) is 0 Å². The summed E-state index contributed by atoms with van der Waals surface area (Å²) in [6.07, 6.45) is 3.13. The fourth-order valence-electron chi connectivity index (χ4n) is 3.49. The van der Waals surface area contributed by atoms with Crippen LogP contribution >= 0.6 is 12.4 Å². The van der Waals surface area contributed by atoms with Crippen molar-refractivity contribution in [2.75, 3.05) is 45.8 Å². The molecule has 23 heavy (non-hydrogen) atoms. The lowest BCUT2D eigenvalue weighted by molar-refractivity contribution is -0.132. The van der Waals surface area contributed by atoms with Crippen molar-refractivity contribution in [1.82, 2.24) is 15.1 Å². The molecule has 2 aliphatic heterocycles. The smallest absolute Gasteiger partial charge is 0.227 e. The Bertz CT molecular complexity index is 468. The number of piperidine rings is 1. The highest BCUT2D eigenvalue weighted by molar-refractivity contribution is 5.85. The summed E-state index contributed by atoms with van der Waals surface area (Å²) in [5, 5.41) is 3.43. The number of carbonyl (C=O) groups is 1. The Morgan fingerprint density at radius 3 is 2.35 bits per heavy atom. The normalized spacial score (nSPS) is 20.1.